The zero-order valence-corrected chi connectivity index (χ0v) is 22.5. The zero-order valence-electron chi connectivity index (χ0n) is 22.5. The SMILES string of the molecule is CC(C)c1cc(NCc2ccc3c(c2)OCO3)c(O)c2c1C[C@H]1C[C@H]3CC(=O)C(C(N)=O)=C(O)[C@@]3(O)C(=O)C1=C2O. The van der Waals surface area contributed by atoms with E-state index in [1.807, 2.05) is 32.0 Å². The summed E-state index contributed by atoms with van der Waals surface area (Å²) in [6, 6.07) is 7.30. The number of ether oxygens (including phenoxy) is 2. The highest BCUT2D eigenvalue weighted by Crippen LogP contribution is 2.53. The van der Waals surface area contributed by atoms with E-state index in [1.54, 1.807) is 6.07 Å². The molecule has 3 aliphatic carbocycles. The van der Waals surface area contributed by atoms with Gasteiger partial charge in [0.15, 0.2) is 22.9 Å². The molecule has 1 aliphatic heterocycles. The van der Waals surface area contributed by atoms with E-state index in [0.717, 1.165) is 11.1 Å². The number of carbonyl (C=O) groups excluding carboxylic acids is 3. The van der Waals surface area contributed by atoms with Crippen molar-refractivity contribution in [3.8, 4) is 17.2 Å². The molecule has 6 rings (SSSR count). The highest BCUT2D eigenvalue weighted by atomic mass is 16.7. The quantitative estimate of drug-likeness (QED) is 0.233. The molecule has 7 N–H and O–H groups in total. The Morgan fingerprint density at radius 2 is 1.85 bits per heavy atom. The van der Waals surface area contributed by atoms with Crippen LogP contribution in [0.1, 0.15) is 54.9 Å². The number of anilines is 1. The Hall–Kier alpha value is -4.51. The average Bonchev–Trinajstić information content (AvgIpc) is 3.38. The molecule has 0 spiro atoms. The van der Waals surface area contributed by atoms with Gasteiger partial charge in [0.2, 0.25) is 12.6 Å². The molecule has 2 aromatic carbocycles. The summed E-state index contributed by atoms with van der Waals surface area (Å²) in [6.07, 6.45) is -0.00376. The summed E-state index contributed by atoms with van der Waals surface area (Å²) < 4.78 is 10.8. The number of Topliss-reactive ketones (excluding diaryl/α,β-unsaturated/α-hetero) is 2. The normalized spacial score (nSPS) is 24.8. The maximum atomic E-state index is 13.8. The number of hydrogen-bond donors (Lipinski definition) is 6. The molecule has 2 aromatic rings. The predicted molar refractivity (Wildman–Crippen MR) is 145 cm³/mol. The number of aliphatic hydroxyl groups is 3. The largest absolute Gasteiger partial charge is 0.508 e. The van der Waals surface area contributed by atoms with Gasteiger partial charge in [0.05, 0.1) is 11.3 Å². The first-order valence-electron chi connectivity index (χ1n) is 13.4. The van der Waals surface area contributed by atoms with Gasteiger partial charge < -0.3 is 41.0 Å². The van der Waals surface area contributed by atoms with E-state index in [9.17, 15) is 34.8 Å². The summed E-state index contributed by atoms with van der Waals surface area (Å²) in [4.78, 5) is 38.2. The van der Waals surface area contributed by atoms with Crippen LogP contribution in [0.25, 0.3) is 5.76 Å². The topological polar surface area (TPSA) is 189 Å². The van der Waals surface area contributed by atoms with E-state index < -0.39 is 52.0 Å². The third-order valence-electron chi connectivity index (χ3n) is 8.64. The molecule has 0 saturated heterocycles. The molecule has 1 amide bonds. The number of hydrogen-bond acceptors (Lipinski definition) is 10. The van der Waals surface area contributed by atoms with E-state index in [2.05, 4.69) is 5.32 Å². The Morgan fingerprint density at radius 1 is 1.12 bits per heavy atom. The molecular formula is C30H30N2O9. The molecule has 41 heavy (non-hydrogen) atoms. The van der Waals surface area contributed by atoms with Gasteiger partial charge in [0.1, 0.15) is 22.8 Å². The molecule has 11 nitrogen and oxygen atoms in total. The second kappa shape index (κ2) is 9.27. The lowest BCUT2D eigenvalue weighted by Gasteiger charge is -2.46. The van der Waals surface area contributed by atoms with Crippen molar-refractivity contribution < 1.29 is 44.3 Å². The predicted octanol–water partition coefficient (Wildman–Crippen LogP) is 2.89. The summed E-state index contributed by atoms with van der Waals surface area (Å²) >= 11 is 0. The summed E-state index contributed by atoms with van der Waals surface area (Å²) in [6.45, 7) is 4.41. The molecule has 1 saturated carbocycles. The van der Waals surface area contributed by atoms with Crippen LogP contribution >= 0.6 is 0 Å². The first-order chi connectivity index (χ1) is 19.4. The van der Waals surface area contributed by atoms with E-state index >= 15 is 0 Å². The van der Waals surface area contributed by atoms with Crippen LogP contribution in [-0.4, -0.2) is 50.3 Å². The minimum Gasteiger partial charge on any atom is -0.508 e. The number of aliphatic hydroxyl groups excluding tert-OH is 2. The maximum Gasteiger partial charge on any atom is 0.255 e. The number of primary amides is 1. The third kappa shape index (κ3) is 3.86. The Labute approximate surface area is 234 Å². The van der Waals surface area contributed by atoms with Crippen molar-refractivity contribution in [2.24, 2.45) is 17.6 Å². The lowest BCUT2D eigenvalue weighted by Crippen LogP contribution is -2.58. The Morgan fingerprint density at radius 3 is 2.56 bits per heavy atom. The third-order valence-corrected chi connectivity index (χ3v) is 8.64. The number of phenols is 1. The number of rotatable bonds is 5. The van der Waals surface area contributed by atoms with Crippen molar-refractivity contribution in [1.82, 2.24) is 0 Å². The molecule has 4 aliphatic rings. The van der Waals surface area contributed by atoms with Gasteiger partial charge in [-0.05, 0) is 59.6 Å². The van der Waals surface area contributed by atoms with Crippen molar-refractivity contribution in [2.45, 2.75) is 51.2 Å². The van der Waals surface area contributed by atoms with Gasteiger partial charge >= 0.3 is 0 Å². The first kappa shape index (κ1) is 26.7. The molecule has 1 heterocycles. The van der Waals surface area contributed by atoms with Gasteiger partial charge in [-0.3, -0.25) is 14.4 Å². The van der Waals surface area contributed by atoms with E-state index in [0.29, 0.717) is 29.3 Å². The number of nitrogens with one attached hydrogen (secondary N) is 1. The second-order valence-electron chi connectivity index (χ2n) is 11.3. The lowest BCUT2D eigenvalue weighted by atomic mass is 9.59. The highest BCUT2D eigenvalue weighted by Gasteiger charge is 2.60. The fraction of sp³-hybridized carbons (Fsp3) is 0.367. The number of aromatic hydroxyl groups is 1. The smallest absolute Gasteiger partial charge is 0.255 e. The fourth-order valence-electron chi connectivity index (χ4n) is 6.62. The van der Waals surface area contributed by atoms with Crippen molar-refractivity contribution in [1.29, 1.82) is 0 Å². The zero-order chi connectivity index (χ0) is 29.4. The van der Waals surface area contributed by atoms with Crippen LogP contribution in [0.15, 0.2) is 41.2 Å². The first-order valence-corrected chi connectivity index (χ1v) is 13.4. The molecule has 0 radical (unpaired) electrons. The van der Waals surface area contributed by atoms with Crippen LogP contribution in [0.2, 0.25) is 0 Å². The van der Waals surface area contributed by atoms with Gasteiger partial charge in [-0.2, -0.15) is 0 Å². The minimum atomic E-state index is -2.60. The number of benzene rings is 2. The number of nitrogens with two attached hydrogens (primary N) is 1. The molecule has 0 unspecified atom stereocenters. The van der Waals surface area contributed by atoms with E-state index in [1.165, 1.54) is 0 Å². The maximum absolute atomic E-state index is 13.8. The number of carbonyl (C=O) groups is 3. The average molecular weight is 563 g/mol. The van der Waals surface area contributed by atoms with Crippen LogP contribution < -0.4 is 20.5 Å². The lowest BCUT2D eigenvalue weighted by molar-refractivity contribution is -0.147. The standard InChI is InChI=1S/C30H30N2O9/c1-12(2)16-9-18(32-10-13-3-4-20-21(5-13)41-11-40-20)25(34)23-17(16)7-14-6-15-8-19(33)24(29(31)38)28(37)30(15,39)27(36)22(14)26(23)35/h3-5,9,12,14-15,32,34-35,37,39H,6-8,10-11H2,1-2H3,(H2,31,38)/t14-,15+,30+/m1/s1. The van der Waals surface area contributed by atoms with Gasteiger partial charge in [-0.25, -0.2) is 0 Å². The number of phenolic OH excluding ortho intramolecular Hbond substituents is 1. The van der Waals surface area contributed by atoms with Crippen molar-refractivity contribution in [3.63, 3.8) is 0 Å². The Balaban J connectivity index is 1.43. The summed E-state index contributed by atoms with van der Waals surface area (Å²) in [5, 5.41) is 48.3. The van der Waals surface area contributed by atoms with E-state index in [-0.39, 0.29) is 48.9 Å². The minimum absolute atomic E-state index is 0.0117. The molecule has 3 atom stereocenters. The van der Waals surface area contributed by atoms with Gasteiger partial charge in [-0.15, -0.1) is 0 Å². The number of amides is 1. The number of ketones is 2. The number of fused-ring (bicyclic) bond motifs is 4. The van der Waals surface area contributed by atoms with Crippen LogP contribution in [0.5, 0.6) is 17.2 Å². The van der Waals surface area contributed by atoms with Crippen molar-refractivity contribution in [3.05, 3.63) is 63.4 Å². The molecule has 1 fully saturated rings. The highest BCUT2D eigenvalue weighted by molar-refractivity contribution is 6.22. The second-order valence-corrected chi connectivity index (χ2v) is 11.3. The van der Waals surface area contributed by atoms with Gasteiger partial charge in [-0.1, -0.05) is 19.9 Å². The van der Waals surface area contributed by atoms with Crippen LogP contribution in [-0.2, 0) is 27.3 Å². The van der Waals surface area contributed by atoms with Crippen LogP contribution in [0, 0.1) is 11.8 Å². The van der Waals surface area contributed by atoms with Crippen molar-refractivity contribution >= 4 is 28.9 Å². The van der Waals surface area contributed by atoms with Crippen LogP contribution in [0.3, 0.4) is 0 Å². The van der Waals surface area contributed by atoms with Crippen molar-refractivity contribution in [2.75, 3.05) is 12.1 Å². The fourth-order valence-corrected chi connectivity index (χ4v) is 6.62. The Kier molecular flexibility index (Phi) is 6.04. The van der Waals surface area contributed by atoms with Crippen LogP contribution in [0.4, 0.5) is 5.69 Å². The monoisotopic (exact) mass is 562 g/mol. The van der Waals surface area contributed by atoms with E-state index in [4.69, 9.17) is 15.2 Å². The molecular weight excluding hydrogens is 532 g/mol. The Bertz CT molecular complexity index is 1610. The molecule has 0 aromatic heterocycles. The van der Waals surface area contributed by atoms with Gasteiger partial charge in [0.25, 0.3) is 5.91 Å². The molecule has 214 valence electrons. The summed E-state index contributed by atoms with van der Waals surface area (Å²) in [5.74, 6) is -5.23. The molecule has 0 bridgehead atoms. The molecule has 11 heteroatoms. The van der Waals surface area contributed by atoms with Gasteiger partial charge in [0, 0.05) is 24.5 Å². The summed E-state index contributed by atoms with van der Waals surface area (Å²) in [7, 11) is 0. The summed E-state index contributed by atoms with van der Waals surface area (Å²) in [5.41, 5.74) is 4.45.